The Morgan fingerprint density at radius 1 is 1.50 bits per heavy atom. The molecule has 1 aromatic carbocycles. The second kappa shape index (κ2) is 3.37. The van der Waals surface area contributed by atoms with Crippen LogP contribution in [0.5, 0.6) is 5.75 Å². The molecule has 1 heterocycles. The fraction of sp³-hybridized carbons (Fsp3) is 0.333. The van der Waals surface area contributed by atoms with E-state index in [9.17, 15) is 0 Å². The maximum absolute atomic E-state index is 5.83. The third kappa shape index (κ3) is 1.60. The number of para-hydroxylation sites is 1. The quantitative estimate of drug-likeness (QED) is 0.677. The summed E-state index contributed by atoms with van der Waals surface area (Å²) >= 11 is 0. The van der Waals surface area contributed by atoms with E-state index in [0.717, 1.165) is 29.1 Å². The van der Waals surface area contributed by atoms with Crippen molar-refractivity contribution in [3.05, 3.63) is 36.0 Å². The van der Waals surface area contributed by atoms with Gasteiger partial charge in [-0.05, 0) is 25.5 Å². The van der Waals surface area contributed by atoms with Gasteiger partial charge in [0.25, 0.3) is 0 Å². The van der Waals surface area contributed by atoms with Gasteiger partial charge in [-0.2, -0.15) is 0 Å². The normalized spacial score (nSPS) is 20.4. The number of benzene rings is 1. The van der Waals surface area contributed by atoms with Crippen molar-refractivity contribution in [2.75, 3.05) is 5.32 Å². The Balaban J connectivity index is 2.46. The number of rotatable bonds is 0. The summed E-state index contributed by atoms with van der Waals surface area (Å²) < 4.78 is 5.83. The predicted molar refractivity (Wildman–Crippen MR) is 58.6 cm³/mol. The van der Waals surface area contributed by atoms with Crippen molar-refractivity contribution < 1.29 is 4.74 Å². The lowest BCUT2D eigenvalue weighted by molar-refractivity contribution is 0.226. The number of hydrogen-bond acceptors (Lipinski definition) is 2. The third-order valence-electron chi connectivity index (χ3n) is 2.38. The van der Waals surface area contributed by atoms with Crippen molar-refractivity contribution in [1.29, 1.82) is 0 Å². The molecule has 1 atom stereocenters. The number of ether oxygens (including phenoxy) is 1. The van der Waals surface area contributed by atoms with E-state index in [1.807, 2.05) is 12.1 Å². The smallest absolute Gasteiger partial charge is 0.146 e. The van der Waals surface area contributed by atoms with Crippen LogP contribution in [-0.2, 0) is 0 Å². The van der Waals surface area contributed by atoms with Gasteiger partial charge in [-0.3, -0.25) is 0 Å². The Hall–Kier alpha value is -1.44. The molecular formula is C12H15NO. The molecule has 2 nitrogen and oxygen atoms in total. The molecule has 1 aliphatic heterocycles. The zero-order chi connectivity index (χ0) is 10.1. The average molecular weight is 189 g/mol. The Morgan fingerprint density at radius 2 is 2.29 bits per heavy atom. The summed E-state index contributed by atoms with van der Waals surface area (Å²) in [4.78, 5) is 0. The Bertz CT molecular complexity index is 371. The highest BCUT2D eigenvalue weighted by molar-refractivity contribution is 5.63. The standard InChI is InChI=1S/C12H15NO/c1-8-5-4-6-11-12(8)14-10(3)7-9(2)13-11/h4-6,10,13H,2,7H2,1,3H3/t10-/m1/s1. The molecule has 0 spiro atoms. The molecule has 2 heteroatoms. The fourth-order valence-electron chi connectivity index (χ4n) is 1.74. The van der Waals surface area contributed by atoms with Crippen LogP contribution in [0.2, 0.25) is 0 Å². The van der Waals surface area contributed by atoms with Crippen LogP contribution in [-0.4, -0.2) is 6.10 Å². The van der Waals surface area contributed by atoms with Crippen LogP contribution in [0.4, 0.5) is 5.69 Å². The van der Waals surface area contributed by atoms with Crippen molar-refractivity contribution in [3.8, 4) is 5.75 Å². The van der Waals surface area contributed by atoms with Crippen LogP contribution in [0, 0.1) is 6.92 Å². The van der Waals surface area contributed by atoms with Gasteiger partial charge in [-0.1, -0.05) is 18.7 Å². The lowest BCUT2D eigenvalue weighted by Crippen LogP contribution is -2.11. The van der Waals surface area contributed by atoms with Crippen LogP contribution in [0.15, 0.2) is 30.5 Å². The highest BCUT2D eigenvalue weighted by atomic mass is 16.5. The number of anilines is 1. The minimum Gasteiger partial charge on any atom is -0.488 e. The number of fused-ring (bicyclic) bond motifs is 1. The molecule has 1 N–H and O–H groups in total. The van der Waals surface area contributed by atoms with Crippen molar-refractivity contribution >= 4 is 5.69 Å². The van der Waals surface area contributed by atoms with Gasteiger partial charge in [0.1, 0.15) is 11.9 Å². The highest BCUT2D eigenvalue weighted by Gasteiger charge is 2.16. The van der Waals surface area contributed by atoms with Crippen molar-refractivity contribution in [2.45, 2.75) is 26.4 Å². The van der Waals surface area contributed by atoms with Gasteiger partial charge in [-0.25, -0.2) is 0 Å². The van der Waals surface area contributed by atoms with Gasteiger partial charge in [0.05, 0.1) is 5.69 Å². The van der Waals surface area contributed by atoms with Gasteiger partial charge in [0.2, 0.25) is 0 Å². The minimum absolute atomic E-state index is 0.192. The van der Waals surface area contributed by atoms with Crippen LogP contribution < -0.4 is 10.1 Å². The number of nitrogens with one attached hydrogen (secondary N) is 1. The van der Waals surface area contributed by atoms with Gasteiger partial charge in [-0.15, -0.1) is 0 Å². The van der Waals surface area contributed by atoms with Gasteiger partial charge in [0, 0.05) is 12.1 Å². The van der Waals surface area contributed by atoms with Gasteiger partial charge >= 0.3 is 0 Å². The van der Waals surface area contributed by atoms with Crippen LogP contribution >= 0.6 is 0 Å². The average Bonchev–Trinajstić information content (AvgIpc) is 2.23. The lowest BCUT2D eigenvalue weighted by atomic mass is 10.2. The first-order chi connectivity index (χ1) is 6.66. The molecule has 0 fully saturated rings. The molecule has 0 aromatic heterocycles. The lowest BCUT2D eigenvalue weighted by Gasteiger charge is -2.13. The second-order valence-electron chi connectivity index (χ2n) is 3.81. The first-order valence-electron chi connectivity index (χ1n) is 4.88. The van der Waals surface area contributed by atoms with Crippen molar-refractivity contribution in [1.82, 2.24) is 0 Å². The molecule has 14 heavy (non-hydrogen) atoms. The van der Waals surface area contributed by atoms with E-state index in [4.69, 9.17) is 4.74 Å². The third-order valence-corrected chi connectivity index (χ3v) is 2.38. The SMILES string of the molecule is C=C1C[C@@H](C)Oc2c(C)cccc2N1. The molecule has 1 aliphatic rings. The molecular weight excluding hydrogens is 174 g/mol. The zero-order valence-electron chi connectivity index (χ0n) is 8.63. The van der Waals surface area contributed by atoms with Crippen molar-refractivity contribution in [2.24, 2.45) is 0 Å². The molecule has 74 valence electrons. The summed E-state index contributed by atoms with van der Waals surface area (Å²) in [5.41, 5.74) is 3.21. The largest absolute Gasteiger partial charge is 0.488 e. The van der Waals surface area contributed by atoms with Crippen LogP contribution in [0.3, 0.4) is 0 Å². The van der Waals surface area contributed by atoms with Crippen LogP contribution in [0.1, 0.15) is 18.9 Å². The van der Waals surface area contributed by atoms with Gasteiger partial charge < -0.3 is 10.1 Å². The monoisotopic (exact) mass is 189 g/mol. The van der Waals surface area contributed by atoms with E-state index in [0.29, 0.717) is 0 Å². The number of hydrogen-bond donors (Lipinski definition) is 1. The molecule has 0 saturated heterocycles. The number of aryl methyl sites for hydroxylation is 1. The summed E-state index contributed by atoms with van der Waals surface area (Å²) in [6.07, 6.45) is 1.05. The maximum atomic E-state index is 5.83. The fourth-order valence-corrected chi connectivity index (χ4v) is 1.74. The molecule has 0 bridgehead atoms. The van der Waals surface area contributed by atoms with E-state index in [-0.39, 0.29) is 6.10 Å². The second-order valence-corrected chi connectivity index (χ2v) is 3.81. The Morgan fingerprint density at radius 3 is 3.07 bits per heavy atom. The van der Waals surface area contributed by atoms with Gasteiger partial charge in [0.15, 0.2) is 0 Å². The predicted octanol–water partition coefficient (Wildman–Crippen LogP) is 3.09. The molecule has 0 aliphatic carbocycles. The molecule has 0 saturated carbocycles. The first-order valence-corrected chi connectivity index (χ1v) is 4.88. The molecule has 2 rings (SSSR count). The molecule has 0 radical (unpaired) electrons. The Labute approximate surface area is 84.6 Å². The Kier molecular flexibility index (Phi) is 2.20. The molecule has 0 unspecified atom stereocenters. The summed E-state index contributed by atoms with van der Waals surface area (Å²) in [6, 6.07) is 6.10. The van der Waals surface area contributed by atoms with E-state index in [1.54, 1.807) is 0 Å². The summed E-state index contributed by atoms with van der Waals surface area (Å²) in [5.74, 6) is 0.957. The first kappa shape index (κ1) is 9.13. The van der Waals surface area contributed by atoms with E-state index in [1.165, 1.54) is 0 Å². The summed E-state index contributed by atoms with van der Waals surface area (Å²) in [5, 5.41) is 3.27. The van der Waals surface area contributed by atoms with E-state index < -0.39 is 0 Å². The summed E-state index contributed by atoms with van der Waals surface area (Å²) in [6.45, 7) is 8.08. The maximum Gasteiger partial charge on any atom is 0.146 e. The van der Waals surface area contributed by atoms with E-state index in [2.05, 4.69) is 31.8 Å². The van der Waals surface area contributed by atoms with E-state index >= 15 is 0 Å². The molecule has 0 amide bonds. The zero-order valence-corrected chi connectivity index (χ0v) is 8.63. The highest BCUT2D eigenvalue weighted by Crippen LogP contribution is 2.33. The minimum atomic E-state index is 0.192. The van der Waals surface area contributed by atoms with Crippen LogP contribution in [0.25, 0.3) is 0 Å². The summed E-state index contributed by atoms with van der Waals surface area (Å²) in [7, 11) is 0. The topological polar surface area (TPSA) is 21.3 Å². The van der Waals surface area contributed by atoms with Crippen molar-refractivity contribution in [3.63, 3.8) is 0 Å². The molecule has 1 aromatic rings.